The molecule has 2 aromatic carbocycles. The number of rotatable bonds is 4. The molecule has 27 heavy (non-hydrogen) atoms. The molecular weight excluding hydrogens is 362 g/mol. The highest BCUT2D eigenvalue weighted by atomic mass is 32.2. The molecule has 6 nitrogen and oxygen atoms in total. The maximum Gasteiger partial charge on any atom is 0.249 e. The van der Waals surface area contributed by atoms with E-state index in [0.717, 1.165) is 11.3 Å². The van der Waals surface area contributed by atoms with Crippen molar-refractivity contribution in [3.63, 3.8) is 0 Å². The zero-order chi connectivity index (χ0) is 18.9. The smallest absolute Gasteiger partial charge is 0.249 e. The van der Waals surface area contributed by atoms with Gasteiger partial charge in [0, 0.05) is 11.6 Å². The molecule has 0 saturated carbocycles. The van der Waals surface area contributed by atoms with Crippen LogP contribution in [0.1, 0.15) is 16.8 Å². The molecular formula is C20H17N3O3S. The summed E-state index contributed by atoms with van der Waals surface area (Å²) in [6.45, 7) is 0. The Hall–Kier alpha value is -3.19. The van der Waals surface area contributed by atoms with E-state index in [9.17, 15) is 13.2 Å². The van der Waals surface area contributed by atoms with Gasteiger partial charge in [0.05, 0.1) is 22.9 Å². The molecule has 0 spiro atoms. The average molecular weight is 379 g/mol. The molecule has 1 aliphatic heterocycles. The Morgan fingerprint density at radius 3 is 2.37 bits per heavy atom. The number of amides is 1. The minimum absolute atomic E-state index is 0.106. The largest absolute Gasteiger partial charge is 0.307 e. The number of carbonyl (C=O) groups excluding carboxylic acids is 1. The summed E-state index contributed by atoms with van der Waals surface area (Å²) in [4.78, 5) is 12.4. The molecule has 1 aliphatic rings. The van der Waals surface area contributed by atoms with Gasteiger partial charge in [-0.3, -0.25) is 4.79 Å². The fourth-order valence-electron chi connectivity index (χ4n) is 3.02. The molecule has 3 aromatic rings. The lowest BCUT2D eigenvalue weighted by Gasteiger charge is -2.09. The highest BCUT2D eigenvalue weighted by Gasteiger charge is 2.32. The molecule has 0 aliphatic carbocycles. The van der Waals surface area contributed by atoms with Gasteiger partial charge in [0.2, 0.25) is 5.91 Å². The van der Waals surface area contributed by atoms with Gasteiger partial charge in [-0.15, -0.1) is 0 Å². The summed E-state index contributed by atoms with van der Waals surface area (Å²) < 4.78 is 25.5. The number of aromatic nitrogens is 2. The van der Waals surface area contributed by atoms with Crippen molar-refractivity contribution in [2.75, 3.05) is 5.32 Å². The Kier molecular flexibility index (Phi) is 4.37. The quantitative estimate of drug-likeness (QED) is 0.707. The Bertz CT molecular complexity index is 1120. The SMILES string of the molecule is O=C(/C=C/c1ccccc1)Nc1c2c(nn1-c1ccccc1)CS(=O)(=O)C2. The lowest BCUT2D eigenvalue weighted by molar-refractivity contribution is -0.111. The lowest BCUT2D eigenvalue weighted by Crippen LogP contribution is -2.14. The Morgan fingerprint density at radius 1 is 1.00 bits per heavy atom. The van der Waals surface area contributed by atoms with Crippen LogP contribution in [0.5, 0.6) is 0 Å². The second-order valence-corrected chi connectivity index (χ2v) is 8.35. The van der Waals surface area contributed by atoms with E-state index < -0.39 is 9.84 Å². The Morgan fingerprint density at radius 2 is 1.67 bits per heavy atom. The maximum atomic E-state index is 12.4. The van der Waals surface area contributed by atoms with Gasteiger partial charge in [-0.25, -0.2) is 13.1 Å². The second kappa shape index (κ2) is 6.85. The highest BCUT2D eigenvalue weighted by Crippen LogP contribution is 2.32. The fourth-order valence-corrected chi connectivity index (χ4v) is 4.52. The molecule has 0 unspecified atom stereocenters. The minimum atomic E-state index is -3.22. The standard InChI is InChI=1S/C20H17N3O3S/c24-19(12-11-15-7-3-1-4-8-15)21-20-17-13-27(25,26)14-18(17)22-23(20)16-9-5-2-6-10-16/h1-12H,13-14H2,(H,21,24)/b12-11+. The van der Waals surface area contributed by atoms with Gasteiger partial charge in [0.1, 0.15) is 5.82 Å². The first kappa shape index (κ1) is 17.2. The van der Waals surface area contributed by atoms with Crippen LogP contribution in [-0.4, -0.2) is 24.1 Å². The van der Waals surface area contributed by atoms with Gasteiger partial charge in [-0.05, 0) is 23.8 Å². The molecule has 0 fully saturated rings. The molecule has 0 radical (unpaired) electrons. The number of nitrogens with one attached hydrogen (secondary N) is 1. The number of hydrogen-bond acceptors (Lipinski definition) is 4. The predicted molar refractivity (Wildman–Crippen MR) is 104 cm³/mol. The molecule has 0 bridgehead atoms. The van der Waals surface area contributed by atoms with Crippen LogP contribution in [-0.2, 0) is 26.1 Å². The first-order valence-electron chi connectivity index (χ1n) is 8.42. The number of nitrogens with zero attached hydrogens (tertiary/aromatic N) is 2. The van der Waals surface area contributed by atoms with E-state index in [0.29, 0.717) is 17.1 Å². The van der Waals surface area contributed by atoms with Gasteiger partial charge in [0.25, 0.3) is 0 Å². The lowest BCUT2D eigenvalue weighted by atomic mass is 10.2. The van der Waals surface area contributed by atoms with E-state index in [1.165, 1.54) is 6.08 Å². The van der Waals surface area contributed by atoms with Gasteiger partial charge >= 0.3 is 0 Å². The summed E-state index contributed by atoms with van der Waals surface area (Å²) >= 11 is 0. The van der Waals surface area contributed by atoms with E-state index >= 15 is 0 Å². The van der Waals surface area contributed by atoms with Crippen molar-refractivity contribution in [3.05, 3.63) is 83.6 Å². The summed E-state index contributed by atoms with van der Waals surface area (Å²) in [5, 5.41) is 7.23. The fraction of sp³-hybridized carbons (Fsp3) is 0.100. The van der Waals surface area contributed by atoms with Crippen LogP contribution in [0.2, 0.25) is 0 Å². The van der Waals surface area contributed by atoms with E-state index in [4.69, 9.17) is 0 Å². The third-order valence-corrected chi connectivity index (χ3v) is 5.70. The van der Waals surface area contributed by atoms with Crippen LogP contribution in [0.4, 0.5) is 5.82 Å². The Labute approximate surface area is 157 Å². The van der Waals surface area contributed by atoms with Crippen LogP contribution in [0.15, 0.2) is 66.7 Å². The van der Waals surface area contributed by atoms with E-state index in [1.807, 2.05) is 60.7 Å². The monoisotopic (exact) mass is 379 g/mol. The van der Waals surface area contributed by atoms with Crippen molar-refractivity contribution < 1.29 is 13.2 Å². The number of para-hydroxylation sites is 1. The van der Waals surface area contributed by atoms with Crippen LogP contribution in [0.3, 0.4) is 0 Å². The summed E-state index contributed by atoms with van der Waals surface area (Å²) in [5.41, 5.74) is 2.70. The third-order valence-electron chi connectivity index (χ3n) is 4.26. The molecule has 1 N–H and O–H groups in total. The summed E-state index contributed by atoms with van der Waals surface area (Å²) in [7, 11) is -3.22. The number of fused-ring (bicyclic) bond motifs is 1. The topological polar surface area (TPSA) is 81.1 Å². The van der Waals surface area contributed by atoms with Gasteiger partial charge in [-0.1, -0.05) is 48.5 Å². The third kappa shape index (κ3) is 3.68. The number of benzene rings is 2. The molecule has 0 atom stereocenters. The van der Waals surface area contributed by atoms with Crippen molar-refractivity contribution >= 4 is 27.6 Å². The van der Waals surface area contributed by atoms with Gasteiger partial charge < -0.3 is 5.32 Å². The molecule has 1 amide bonds. The normalized spacial score (nSPS) is 15.0. The molecule has 7 heteroatoms. The van der Waals surface area contributed by atoms with Crippen LogP contribution in [0, 0.1) is 0 Å². The average Bonchev–Trinajstić information content (AvgIpc) is 3.14. The number of carbonyl (C=O) groups is 1. The van der Waals surface area contributed by atoms with Gasteiger partial charge in [-0.2, -0.15) is 5.10 Å². The zero-order valence-corrected chi connectivity index (χ0v) is 15.2. The van der Waals surface area contributed by atoms with E-state index in [-0.39, 0.29) is 17.4 Å². The van der Waals surface area contributed by atoms with Crippen LogP contribution >= 0.6 is 0 Å². The number of sulfone groups is 1. The first-order chi connectivity index (χ1) is 13.0. The van der Waals surface area contributed by atoms with E-state index in [1.54, 1.807) is 10.8 Å². The predicted octanol–water partition coefficient (Wildman–Crippen LogP) is 2.95. The molecule has 4 rings (SSSR count). The van der Waals surface area contributed by atoms with Crippen LogP contribution in [0.25, 0.3) is 11.8 Å². The number of anilines is 1. The van der Waals surface area contributed by atoms with Crippen LogP contribution < -0.4 is 5.32 Å². The molecule has 0 saturated heterocycles. The Balaban J connectivity index is 1.67. The van der Waals surface area contributed by atoms with Crippen molar-refractivity contribution in [2.45, 2.75) is 11.5 Å². The molecule has 1 aromatic heterocycles. The zero-order valence-electron chi connectivity index (χ0n) is 14.4. The summed E-state index contributed by atoms with van der Waals surface area (Å²) in [6.07, 6.45) is 3.13. The van der Waals surface area contributed by atoms with Crippen molar-refractivity contribution in [2.24, 2.45) is 0 Å². The molecule has 2 heterocycles. The first-order valence-corrected chi connectivity index (χ1v) is 10.2. The highest BCUT2D eigenvalue weighted by molar-refractivity contribution is 7.90. The maximum absolute atomic E-state index is 12.4. The number of hydrogen-bond donors (Lipinski definition) is 1. The molecule has 136 valence electrons. The summed E-state index contributed by atoms with van der Waals surface area (Å²) in [6, 6.07) is 18.8. The van der Waals surface area contributed by atoms with Crippen molar-refractivity contribution in [1.82, 2.24) is 9.78 Å². The van der Waals surface area contributed by atoms with E-state index in [2.05, 4.69) is 10.4 Å². The van der Waals surface area contributed by atoms with Crippen molar-refractivity contribution in [1.29, 1.82) is 0 Å². The van der Waals surface area contributed by atoms with Gasteiger partial charge in [0.15, 0.2) is 9.84 Å². The second-order valence-electron chi connectivity index (χ2n) is 6.29. The summed E-state index contributed by atoms with van der Waals surface area (Å²) in [5.74, 6) is -0.166. The van der Waals surface area contributed by atoms with Crippen molar-refractivity contribution in [3.8, 4) is 5.69 Å². The minimum Gasteiger partial charge on any atom is -0.307 e.